The molecule has 314 valence electrons. The fraction of sp³-hybridized carbons (Fsp3) is 0.741. The topological polar surface area (TPSA) is 0 Å². The lowest BCUT2D eigenvalue weighted by molar-refractivity contribution is 0.418. The Kier molecular flexibility index (Phi) is 37.0. The van der Waals surface area contributed by atoms with Gasteiger partial charge in [-0.2, -0.15) is 0 Å². The van der Waals surface area contributed by atoms with E-state index in [9.17, 15) is 0 Å². The van der Waals surface area contributed by atoms with Crippen LogP contribution >= 0.6 is 0 Å². The first kappa shape index (κ1) is 54.3. The number of rotatable bonds is 22. The Morgan fingerprint density at radius 3 is 1.63 bits per heavy atom. The molecule has 1 aromatic rings. The van der Waals surface area contributed by atoms with Gasteiger partial charge < -0.3 is 0 Å². The van der Waals surface area contributed by atoms with Gasteiger partial charge in [0, 0.05) is 0 Å². The SMILES string of the molecule is CC.CC.CCC/C=C(/C=C(/C)c1cc(C2CCC2)c(C)cc1C)C(\C)=C\C=C(\C)C(C)CC.CCCCC.CCCCCCCCCCCCC1CC1. The molecular formula is C54H98. The summed E-state index contributed by atoms with van der Waals surface area (Å²) in [6.07, 6.45) is 40.5. The normalized spacial score (nSPS) is 15.3. The van der Waals surface area contributed by atoms with Crippen molar-refractivity contribution in [1.82, 2.24) is 0 Å². The van der Waals surface area contributed by atoms with Crippen LogP contribution < -0.4 is 0 Å². The Morgan fingerprint density at radius 2 is 1.19 bits per heavy atom. The predicted molar refractivity (Wildman–Crippen MR) is 253 cm³/mol. The molecular weight excluding hydrogens is 649 g/mol. The highest BCUT2D eigenvalue weighted by Gasteiger charge is 2.22. The third-order valence-electron chi connectivity index (χ3n) is 11.4. The van der Waals surface area contributed by atoms with Crippen LogP contribution in [0, 0.1) is 25.7 Å². The molecule has 0 spiro atoms. The van der Waals surface area contributed by atoms with Crippen molar-refractivity contribution in [1.29, 1.82) is 0 Å². The average Bonchev–Trinajstić information content (AvgIpc) is 4.00. The molecule has 1 atom stereocenters. The lowest BCUT2D eigenvalue weighted by Gasteiger charge is -2.28. The molecule has 1 unspecified atom stereocenters. The average molecular weight is 747 g/mol. The maximum Gasteiger partial charge on any atom is -0.0159 e. The van der Waals surface area contributed by atoms with Crippen molar-refractivity contribution < 1.29 is 0 Å². The summed E-state index contributed by atoms with van der Waals surface area (Å²) in [4.78, 5) is 0. The molecule has 0 saturated heterocycles. The van der Waals surface area contributed by atoms with E-state index >= 15 is 0 Å². The smallest absolute Gasteiger partial charge is 0.0159 e. The second-order valence-electron chi connectivity index (χ2n) is 16.3. The molecule has 54 heavy (non-hydrogen) atoms. The maximum atomic E-state index is 2.49. The summed E-state index contributed by atoms with van der Waals surface area (Å²) in [5, 5.41) is 0. The molecule has 2 fully saturated rings. The van der Waals surface area contributed by atoms with Gasteiger partial charge in [0.15, 0.2) is 0 Å². The summed E-state index contributed by atoms with van der Waals surface area (Å²) in [6, 6.07) is 4.89. The highest BCUT2D eigenvalue weighted by molar-refractivity contribution is 5.71. The number of benzene rings is 1. The van der Waals surface area contributed by atoms with E-state index in [2.05, 4.69) is 113 Å². The number of hydrogen-bond acceptors (Lipinski definition) is 0. The molecule has 0 N–H and O–H groups in total. The van der Waals surface area contributed by atoms with Gasteiger partial charge in [0.1, 0.15) is 0 Å². The van der Waals surface area contributed by atoms with Gasteiger partial charge in [-0.15, -0.1) is 0 Å². The summed E-state index contributed by atoms with van der Waals surface area (Å²) in [5.74, 6) is 2.58. The zero-order valence-electron chi connectivity index (χ0n) is 39.8. The summed E-state index contributed by atoms with van der Waals surface area (Å²) in [6.45, 7) is 32.9. The minimum atomic E-state index is 0.648. The Bertz CT molecular complexity index is 1130. The van der Waals surface area contributed by atoms with Gasteiger partial charge in [0.2, 0.25) is 0 Å². The minimum absolute atomic E-state index is 0.648. The van der Waals surface area contributed by atoms with Crippen LogP contribution in [0.4, 0.5) is 0 Å². The van der Waals surface area contributed by atoms with Crippen molar-refractivity contribution in [3.63, 3.8) is 0 Å². The molecule has 0 radical (unpaired) electrons. The molecule has 3 rings (SSSR count). The van der Waals surface area contributed by atoms with E-state index in [0.29, 0.717) is 5.92 Å². The Hall–Kier alpha value is -1.82. The monoisotopic (exact) mass is 747 g/mol. The van der Waals surface area contributed by atoms with Crippen molar-refractivity contribution >= 4 is 5.57 Å². The van der Waals surface area contributed by atoms with Gasteiger partial charge in [-0.25, -0.2) is 0 Å². The molecule has 0 bridgehead atoms. The Morgan fingerprint density at radius 1 is 0.648 bits per heavy atom. The van der Waals surface area contributed by atoms with Gasteiger partial charge in [-0.3, -0.25) is 0 Å². The minimum Gasteiger partial charge on any atom is -0.0770 e. The largest absolute Gasteiger partial charge is 0.0770 e. The highest BCUT2D eigenvalue weighted by Crippen LogP contribution is 2.40. The molecule has 0 nitrogen and oxygen atoms in total. The third kappa shape index (κ3) is 26.1. The zero-order chi connectivity index (χ0) is 41.1. The van der Waals surface area contributed by atoms with Crippen LogP contribution in [-0.4, -0.2) is 0 Å². The summed E-state index contributed by atoms with van der Waals surface area (Å²) in [5.41, 5.74) is 11.4. The van der Waals surface area contributed by atoms with Crippen molar-refractivity contribution in [3.05, 3.63) is 75.4 Å². The van der Waals surface area contributed by atoms with Crippen LogP contribution in [0.3, 0.4) is 0 Å². The van der Waals surface area contributed by atoms with E-state index in [0.717, 1.165) is 18.3 Å². The number of hydrogen-bond donors (Lipinski definition) is 0. The van der Waals surface area contributed by atoms with Crippen molar-refractivity contribution in [2.75, 3.05) is 0 Å². The van der Waals surface area contributed by atoms with Gasteiger partial charge in [-0.05, 0) is 117 Å². The molecule has 0 aromatic heterocycles. The highest BCUT2D eigenvalue weighted by atomic mass is 14.3. The van der Waals surface area contributed by atoms with E-state index in [4.69, 9.17) is 0 Å². The Balaban J connectivity index is 0. The second kappa shape index (κ2) is 36.8. The van der Waals surface area contributed by atoms with Crippen molar-refractivity contribution in [2.45, 2.75) is 251 Å². The van der Waals surface area contributed by atoms with Crippen LogP contribution in [0.2, 0.25) is 0 Å². The number of allylic oxidation sites excluding steroid dienone is 8. The summed E-state index contributed by atoms with van der Waals surface area (Å²) in [7, 11) is 0. The molecule has 0 heterocycles. The standard InChI is InChI=1S/C30H44.C15H30.C5H12.2C2H6/c1-9-11-13-28(23(5)17-16-22(4)21(3)10-2)19-26(8)29-20-30(27-14-12-15-27)25(7)18-24(29)6;1-2-3-4-5-6-7-8-9-10-11-12-15-13-14-15;1-3-5-4-2;2*1-2/h13,16-21,27H,9-12,14-15H2,1-8H3;15H,2-14H2,1H3;3-5H2,1-2H3;2*1-2H3/b22-16-,23-17+,26-19-,28-13-;;;;. The van der Waals surface area contributed by atoms with Crippen LogP contribution in [-0.2, 0) is 0 Å². The number of aryl methyl sites for hydroxylation is 2. The zero-order valence-corrected chi connectivity index (χ0v) is 39.8. The van der Waals surface area contributed by atoms with E-state index in [1.54, 1.807) is 5.56 Å². The summed E-state index contributed by atoms with van der Waals surface area (Å²) < 4.78 is 0. The number of unbranched alkanes of at least 4 members (excludes halogenated alkanes) is 12. The molecule has 1 aromatic carbocycles. The predicted octanol–water partition coefficient (Wildman–Crippen LogP) is 19.6. The Labute approximate surface area is 342 Å². The fourth-order valence-corrected chi connectivity index (χ4v) is 6.92. The van der Waals surface area contributed by atoms with Crippen LogP contribution in [0.25, 0.3) is 5.57 Å². The first-order valence-corrected chi connectivity index (χ1v) is 24.0. The van der Waals surface area contributed by atoms with E-state index < -0.39 is 0 Å². The van der Waals surface area contributed by atoms with Crippen LogP contribution in [0.1, 0.15) is 259 Å². The molecule has 0 heteroatoms. The van der Waals surface area contributed by atoms with E-state index in [1.165, 1.54) is 174 Å². The lowest BCUT2D eigenvalue weighted by Crippen LogP contribution is -2.11. The lowest BCUT2D eigenvalue weighted by atomic mass is 9.77. The van der Waals surface area contributed by atoms with Gasteiger partial charge in [-0.1, -0.05) is 227 Å². The molecule has 2 aliphatic rings. The first-order chi connectivity index (χ1) is 26.1. The van der Waals surface area contributed by atoms with Gasteiger partial charge >= 0.3 is 0 Å². The van der Waals surface area contributed by atoms with Gasteiger partial charge in [0.25, 0.3) is 0 Å². The summed E-state index contributed by atoms with van der Waals surface area (Å²) >= 11 is 0. The molecule has 2 aliphatic carbocycles. The second-order valence-corrected chi connectivity index (χ2v) is 16.3. The third-order valence-corrected chi connectivity index (χ3v) is 11.4. The quantitative estimate of drug-likeness (QED) is 0.0819. The molecule has 2 saturated carbocycles. The van der Waals surface area contributed by atoms with Crippen molar-refractivity contribution in [2.24, 2.45) is 11.8 Å². The van der Waals surface area contributed by atoms with Gasteiger partial charge in [0.05, 0.1) is 0 Å². The van der Waals surface area contributed by atoms with Crippen LogP contribution in [0.15, 0.2) is 53.2 Å². The van der Waals surface area contributed by atoms with E-state index in [-0.39, 0.29) is 0 Å². The fourth-order valence-electron chi connectivity index (χ4n) is 6.92. The molecule has 0 amide bonds. The molecule has 0 aliphatic heterocycles. The van der Waals surface area contributed by atoms with Crippen molar-refractivity contribution in [3.8, 4) is 0 Å². The first-order valence-electron chi connectivity index (χ1n) is 24.0. The maximum absolute atomic E-state index is 2.49. The van der Waals surface area contributed by atoms with Crippen LogP contribution in [0.5, 0.6) is 0 Å². The van der Waals surface area contributed by atoms with E-state index in [1.807, 2.05) is 27.7 Å².